The fraction of sp³-hybridized carbons (Fsp3) is 0.300. The molecule has 10 nitrogen and oxygen atoms in total. The fourth-order valence-electron chi connectivity index (χ4n) is 4.00. The molecule has 1 fully saturated rings. The van der Waals surface area contributed by atoms with E-state index in [0.717, 1.165) is 30.4 Å². The lowest BCUT2D eigenvalue weighted by molar-refractivity contribution is 0.440. The first kappa shape index (κ1) is 19.2. The zero-order valence-electron chi connectivity index (χ0n) is 16.9. The molecular formula is C20H22FN9O. The van der Waals surface area contributed by atoms with Gasteiger partial charge in [-0.1, -0.05) is 0 Å². The standard InChI is InChI=1S/C20H22FN9O/c1-24-14-5-11(21)4-13-15-17(27-16(13)14)28-20(31-12-7-25-19(23)26-8-12)29-18(15)30-3-2-10(6-22)9-30/h4-5,7-8,10,24H,2-3,6,9,22H2,1H3,(H2,23,25,26)(H,27,28,29). The quantitative estimate of drug-likeness (QED) is 0.380. The lowest BCUT2D eigenvalue weighted by atomic mass is 10.1. The van der Waals surface area contributed by atoms with E-state index in [4.69, 9.17) is 16.2 Å². The molecule has 31 heavy (non-hydrogen) atoms. The van der Waals surface area contributed by atoms with Gasteiger partial charge in [0.1, 0.15) is 17.3 Å². The number of nitrogens with one attached hydrogen (secondary N) is 2. The zero-order valence-corrected chi connectivity index (χ0v) is 16.9. The van der Waals surface area contributed by atoms with Crippen molar-refractivity contribution in [2.75, 3.05) is 42.6 Å². The molecule has 1 atom stereocenters. The number of anilines is 3. The number of hydrogen-bond donors (Lipinski definition) is 4. The number of H-pyrrole nitrogens is 1. The maximum absolute atomic E-state index is 14.3. The van der Waals surface area contributed by atoms with E-state index in [1.165, 1.54) is 24.5 Å². The Labute approximate surface area is 176 Å². The van der Waals surface area contributed by atoms with Crippen LogP contribution in [0.25, 0.3) is 21.9 Å². The number of halogens is 1. The van der Waals surface area contributed by atoms with Crippen molar-refractivity contribution in [3.63, 3.8) is 0 Å². The molecule has 11 heteroatoms. The van der Waals surface area contributed by atoms with E-state index in [9.17, 15) is 4.39 Å². The molecule has 0 bridgehead atoms. The van der Waals surface area contributed by atoms with Crippen LogP contribution in [0.5, 0.6) is 11.8 Å². The summed E-state index contributed by atoms with van der Waals surface area (Å²) in [5, 5.41) is 4.47. The number of fused-ring (bicyclic) bond motifs is 3. The molecule has 0 spiro atoms. The molecule has 5 rings (SSSR count). The molecule has 0 amide bonds. The Balaban J connectivity index is 1.69. The minimum atomic E-state index is -0.343. The van der Waals surface area contributed by atoms with Crippen LogP contribution in [0, 0.1) is 11.7 Å². The van der Waals surface area contributed by atoms with Gasteiger partial charge in [-0.3, -0.25) is 0 Å². The highest BCUT2D eigenvalue weighted by Crippen LogP contribution is 2.38. The van der Waals surface area contributed by atoms with Crippen molar-refractivity contribution in [1.29, 1.82) is 0 Å². The molecule has 1 saturated heterocycles. The molecule has 3 aromatic heterocycles. The number of ether oxygens (including phenoxy) is 1. The highest BCUT2D eigenvalue weighted by atomic mass is 19.1. The van der Waals surface area contributed by atoms with Gasteiger partial charge in [0.25, 0.3) is 0 Å². The molecule has 0 radical (unpaired) electrons. The number of benzene rings is 1. The summed E-state index contributed by atoms with van der Waals surface area (Å²) in [5.74, 6) is 1.20. The maximum Gasteiger partial charge on any atom is 0.326 e. The molecule has 1 aromatic carbocycles. The van der Waals surface area contributed by atoms with Gasteiger partial charge in [0.15, 0.2) is 5.75 Å². The van der Waals surface area contributed by atoms with Crippen LogP contribution >= 0.6 is 0 Å². The summed E-state index contributed by atoms with van der Waals surface area (Å²) in [6.45, 7) is 2.15. The number of nitrogens with zero attached hydrogens (tertiary/aromatic N) is 5. The average molecular weight is 423 g/mol. The Morgan fingerprint density at radius 2 is 2.10 bits per heavy atom. The van der Waals surface area contributed by atoms with Gasteiger partial charge in [0.2, 0.25) is 5.95 Å². The Morgan fingerprint density at radius 3 is 2.81 bits per heavy atom. The summed E-state index contributed by atoms with van der Waals surface area (Å²) in [6, 6.07) is 3.06. The zero-order chi connectivity index (χ0) is 21.5. The van der Waals surface area contributed by atoms with E-state index in [2.05, 4.69) is 35.1 Å². The largest absolute Gasteiger partial charge is 0.421 e. The summed E-state index contributed by atoms with van der Waals surface area (Å²) in [5.41, 5.74) is 13.4. The summed E-state index contributed by atoms with van der Waals surface area (Å²) in [4.78, 5) is 22.5. The van der Waals surface area contributed by atoms with Crippen LogP contribution in [0.15, 0.2) is 24.5 Å². The van der Waals surface area contributed by atoms with Crippen molar-refractivity contribution >= 4 is 39.4 Å². The van der Waals surface area contributed by atoms with E-state index in [-0.39, 0.29) is 17.8 Å². The molecule has 4 heterocycles. The first-order chi connectivity index (χ1) is 15.1. The number of aromatic nitrogens is 5. The number of nitrogens with two attached hydrogens (primary N) is 2. The fourth-order valence-corrected chi connectivity index (χ4v) is 4.00. The van der Waals surface area contributed by atoms with Crippen molar-refractivity contribution in [3.8, 4) is 11.8 Å². The summed E-state index contributed by atoms with van der Waals surface area (Å²) >= 11 is 0. The maximum atomic E-state index is 14.3. The number of hydrogen-bond acceptors (Lipinski definition) is 9. The smallest absolute Gasteiger partial charge is 0.326 e. The second-order valence-corrected chi connectivity index (χ2v) is 7.52. The van der Waals surface area contributed by atoms with Gasteiger partial charge in [-0.15, -0.1) is 0 Å². The van der Waals surface area contributed by atoms with Crippen molar-refractivity contribution in [3.05, 3.63) is 30.3 Å². The average Bonchev–Trinajstić information content (AvgIpc) is 3.39. The van der Waals surface area contributed by atoms with Crippen LogP contribution in [-0.4, -0.2) is 51.6 Å². The van der Waals surface area contributed by atoms with Crippen LogP contribution in [-0.2, 0) is 0 Å². The second-order valence-electron chi connectivity index (χ2n) is 7.52. The molecule has 0 aliphatic carbocycles. The van der Waals surface area contributed by atoms with Crippen molar-refractivity contribution in [2.24, 2.45) is 11.7 Å². The van der Waals surface area contributed by atoms with Gasteiger partial charge in [-0.25, -0.2) is 14.4 Å². The molecule has 1 aliphatic heterocycles. The summed E-state index contributed by atoms with van der Waals surface area (Å²) in [6.07, 6.45) is 3.87. The summed E-state index contributed by atoms with van der Waals surface area (Å²) in [7, 11) is 1.74. The van der Waals surface area contributed by atoms with Crippen LogP contribution in [0.1, 0.15) is 6.42 Å². The predicted molar refractivity (Wildman–Crippen MR) is 117 cm³/mol. The lowest BCUT2D eigenvalue weighted by Crippen LogP contribution is -2.23. The van der Waals surface area contributed by atoms with Crippen LogP contribution in [0.3, 0.4) is 0 Å². The molecule has 160 valence electrons. The van der Waals surface area contributed by atoms with Gasteiger partial charge in [0.05, 0.1) is 29.0 Å². The van der Waals surface area contributed by atoms with Gasteiger partial charge in [0, 0.05) is 25.5 Å². The van der Waals surface area contributed by atoms with Crippen LogP contribution in [0.4, 0.5) is 21.8 Å². The van der Waals surface area contributed by atoms with Gasteiger partial charge in [-0.2, -0.15) is 9.97 Å². The van der Waals surface area contributed by atoms with E-state index < -0.39 is 0 Å². The van der Waals surface area contributed by atoms with E-state index in [1.54, 1.807) is 7.05 Å². The molecular weight excluding hydrogens is 401 g/mol. The highest BCUT2D eigenvalue weighted by Gasteiger charge is 2.27. The monoisotopic (exact) mass is 423 g/mol. The van der Waals surface area contributed by atoms with Gasteiger partial charge >= 0.3 is 6.01 Å². The van der Waals surface area contributed by atoms with Crippen LogP contribution < -0.4 is 26.4 Å². The Bertz CT molecular complexity index is 1260. The number of nitrogen functional groups attached to an aromatic ring is 1. The Morgan fingerprint density at radius 1 is 1.29 bits per heavy atom. The molecule has 1 unspecified atom stereocenters. The lowest BCUT2D eigenvalue weighted by Gasteiger charge is -2.19. The van der Waals surface area contributed by atoms with Crippen LogP contribution in [0.2, 0.25) is 0 Å². The Hall–Kier alpha value is -3.73. The third kappa shape index (κ3) is 3.42. The Kier molecular flexibility index (Phi) is 4.66. The van der Waals surface area contributed by atoms with E-state index in [0.29, 0.717) is 40.8 Å². The van der Waals surface area contributed by atoms with E-state index >= 15 is 0 Å². The third-order valence-electron chi connectivity index (χ3n) is 5.53. The number of aromatic amines is 1. The molecule has 6 N–H and O–H groups in total. The first-order valence-corrected chi connectivity index (χ1v) is 9.97. The SMILES string of the molecule is CNc1cc(F)cc2c1[nH]c1nc(Oc3cnc(N)nc3)nc(N3CCC(CN)C3)c12. The first-order valence-electron chi connectivity index (χ1n) is 9.97. The molecule has 4 aromatic rings. The van der Waals surface area contributed by atoms with Crippen molar-refractivity contribution in [2.45, 2.75) is 6.42 Å². The number of rotatable bonds is 5. The second kappa shape index (κ2) is 7.51. The van der Waals surface area contributed by atoms with Crippen molar-refractivity contribution in [1.82, 2.24) is 24.9 Å². The third-order valence-corrected chi connectivity index (χ3v) is 5.53. The normalized spacial score (nSPS) is 16.4. The molecule has 0 saturated carbocycles. The minimum absolute atomic E-state index is 0.130. The van der Waals surface area contributed by atoms with E-state index in [1.807, 2.05) is 0 Å². The topological polar surface area (TPSA) is 144 Å². The minimum Gasteiger partial charge on any atom is -0.421 e. The predicted octanol–water partition coefficient (Wildman–Crippen LogP) is 2.24. The summed E-state index contributed by atoms with van der Waals surface area (Å²) < 4.78 is 20.1. The van der Waals surface area contributed by atoms with Gasteiger partial charge in [-0.05, 0) is 31.0 Å². The van der Waals surface area contributed by atoms with Crippen molar-refractivity contribution < 1.29 is 9.13 Å². The molecule has 1 aliphatic rings. The highest BCUT2D eigenvalue weighted by molar-refractivity contribution is 6.14. The van der Waals surface area contributed by atoms with Gasteiger partial charge < -0.3 is 31.4 Å².